The molecular weight excluding hydrogens is 254 g/mol. The van der Waals surface area contributed by atoms with Gasteiger partial charge in [0.2, 0.25) is 0 Å². The Hall–Kier alpha value is -1.88. The Morgan fingerprint density at radius 3 is 2.75 bits per heavy atom. The SMILES string of the molecule is Cc1ccccc1OCC(=O)NN=C1CCN(C)CC1. The van der Waals surface area contributed by atoms with Crippen molar-refractivity contribution >= 4 is 11.6 Å². The highest BCUT2D eigenvalue weighted by atomic mass is 16.5. The molecule has 1 aromatic rings. The third-order valence-electron chi connectivity index (χ3n) is 3.36. The fourth-order valence-corrected chi connectivity index (χ4v) is 2.02. The maximum atomic E-state index is 11.7. The van der Waals surface area contributed by atoms with Gasteiger partial charge < -0.3 is 9.64 Å². The zero-order valence-corrected chi connectivity index (χ0v) is 12.1. The van der Waals surface area contributed by atoms with Crippen LogP contribution in [0.3, 0.4) is 0 Å². The normalized spacial score (nSPS) is 15.8. The number of amides is 1. The van der Waals surface area contributed by atoms with Gasteiger partial charge >= 0.3 is 0 Å². The predicted molar refractivity (Wildman–Crippen MR) is 79.0 cm³/mol. The van der Waals surface area contributed by atoms with Gasteiger partial charge in [-0.3, -0.25) is 4.79 Å². The molecule has 1 aliphatic rings. The summed E-state index contributed by atoms with van der Waals surface area (Å²) >= 11 is 0. The van der Waals surface area contributed by atoms with Crippen molar-refractivity contribution in [3.05, 3.63) is 29.8 Å². The highest BCUT2D eigenvalue weighted by molar-refractivity contribution is 5.87. The molecular formula is C15H21N3O2. The number of hydrogen-bond donors (Lipinski definition) is 1. The van der Waals surface area contributed by atoms with Crippen LogP contribution >= 0.6 is 0 Å². The first-order chi connectivity index (χ1) is 9.65. The highest BCUT2D eigenvalue weighted by Gasteiger charge is 2.11. The monoisotopic (exact) mass is 275 g/mol. The number of likely N-dealkylation sites (tertiary alicyclic amines) is 1. The van der Waals surface area contributed by atoms with Gasteiger partial charge in [-0.25, -0.2) is 5.43 Å². The van der Waals surface area contributed by atoms with E-state index < -0.39 is 0 Å². The largest absolute Gasteiger partial charge is 0.483 e. The van der Waals surface area contributed by atoms with E-state index in [4.69, 9.17) is 4.74 Å². The van der Waals surface area contributed by atoms with E-state index in [2.05, 4.69) is 22.5 Å². The van der Waals surface area contributed by atoms with Gasteiger partial charge in [0.15, 0.2) is 6.61 Å². The smallest absolute Gasteiger partial charge is 0.277 e. The maximum absolute atomic E-state index is 11.7. The predicted octanol–water partition coefficient (Wildman–Crippen LogP) is 1.57. The molecule has 1 saturated heterocycles. The Morgan fingerprint density at radius 1 is 1.35 bits per heavy atom. The van der Waals surface area contributed by atoms with Crippen LogP contribution in [0.1, 0.15) is 18.4 Å². The third kappa shape index (κ3) is 4.35. The molecule has 0 aromatic heterocycles. The Balaban J connectivity index is 1.76. The Labute approximate surface area is 119 Å². The molecule has 5 heteroatoms. The van der Waals surface area contributed by atoms with Crippen molar-refractivity contribution in [3.8, 4) is 5.75 Å². The lowest BCUT2D eigenvalue weighted by Crippen LogP contribution is -2.32. The van der Waals surface area contributed by atoms with Crippen LogP contribution < -0.4 is 10.2 Å². The first kappa shape index (κ1) is 14.5. The second-order valence-corrected chi connectivity index (χ2v) is 5.07. The third-order valence-corrected chi connectivity index (χ3v) is 3.36. The molecule has 0 spiro atoms. The van der Waals surface area contributed by atoms with Gasteiger partial charge in [0.25, 0.3) is 5.91 Å². The number of para-hydroxylation sites is 1. The van der Waals surface area contributed by atoms with Crippen LogP contribution in [0.2, 0.25) is 0 Å². The first-order valence-electron chi connectivity index (χ1n) is 6.86. The van der Waals surface area contributed by atoms with Gasteiger partial charge in [0, 0.05) is 31.6 Å². The molecule has 1 aromatic carbocycles. The Kier molecular flexibility index (Phi) is 5.12. The van der Waals surface area contributed by atoms with Gasteiger partial charge in [0.05, 0.1) is 0 Å². The maximum Gasteiger partial charge on any atom is 0.277 e. The van der Waals surface area contributed by atoms with Crippen molar-refractivity contribution in [2.75, 3.05) is 26.7 Å². The van der Waals surface area contributed by atoms with Crippen LogP contribution in [0, 0.1) is 6.92 Å². The van der Waals surface area contributed by atoms with Crippen LogP contribution in [0.5, 0.6) is 5.75 Å². The number of hydrazone groups is 1. The molecule has 1 heterocycles. The average molecular weight is 275 g/mol. The van der Waals surface area contributed by atoms with Gasteiger partial charge in [-0.2, -0.15) is 5.10 Å². The lowest BCUT2D eigenvalue weighted by atomic mass is 10.1. The standard InChI is InChI=1S/C15H21N3O2/c1-12-5-3-4-6-14(12)20-11-15(19)17-16-13-7-9-18(2)10-8-13/h3-6H,7-11H2,1-2H3,(H,17,19). The molecule has 0 radical (unpaired) electrons. The molecule has 1 fully saturated rings. The zero-order chi connectivity index (χ0) is 14.4. The summed E-state index contributed by atoms with van der Waals surface area (Å²) in [5.41, 5.74) is 4.63. The molecule has 2 rings (SSSR count). The lowest BCUT2D eigenvalue weighted by Gasteiger charge is -2.22. The van der Waals surface area contributed by atoms with E-state index in [0.717, 1.165) is 43.0 Å². The van der Waals surface area contributed by atoms with Crippen molar-refractivity contribution < 1.29 is 9.53 Å². The number of hydrogen-bond acceptors (Lipinski definition) is 4. The molecule has 0 saturated carbocycles. The molecule has 0 aliphatic carbocycles. The molecule has 1 aliphatic heterocycles. The minimum Gasteiger partial charge on any atom is -0.483 e. The van der Waals surface area contributed by atoms with Crippen LogP contribution in [0.15, 0.2) is 29.4 Å². The van der Waals surface area contributed by atoms with E-state index in [-0.39, 0.29) is 12.5 Å². The van der Waals surface area contributed by atoms with Crippen molar-refractivity contribution in [1.29, 1.82) is 0 Å². The number of nitrogens with one attached hydrogen (secondary N) is 1. The lowest BCUT2D eigenvalue weighted by molar-refractivity contribution is -0.123. The summed E-state index contributed by atoms with van der Waals surface area (Å²) in [7, 11) is 2.09. The topological polar surface area (TPSA) is 53.9 Å². The summed E-state index contributed by atoms with van der Waals surface area (Å²) in [6, 6.07) is 7.63. The van der Waals surface area contributed by atoms with Crippen LogP contribution in [0.25, 0.3) is 0 Å². The molecule has 0 atom stereocenters. The zero-order valence-electron chi connectivity index (χ0n) is 12.1. The number of rotatable bonds is 4. The fraction of sp³-hybridized carbons (Fsp3) is 0.467. The first-order valence-corrected chi connectivity index (χ1v) is 6.86. The minimum atomic E-state index is -0.223. The minimum absolute atomic E-state index is 0.0124. The molecule has 5 nitrogen and oxygen atoms in total. The van der Waals surface area contributed by atoms with Gasteiger partial charge in [0.1, 0.15) is 5.75 Å². The molecule has 20 heavy (non-hydrogen) atoms. The Morgan fingerprint density at radius 2 is 2.05 bits per heavy atom. The van der Waals surface area contributed by atoms with E-state index in [0.29, 0.717) is 0 Å². The van der Waals surface area contributed by atoms with Crippen LogP contribution in [-0.4, -0.2) is 43.3 Å². The van der Waals surface area contributed by atoms with Gasteiger partial charge in [-0.15, -0.1) is 0 Å². The van der Waals surface area contributed by atoms with Gasteiger partial charge in [-0.1, -0.05) is 18.2 Å². The van der Waals surface area contributed by atoms with E-state index in [1.54, 1.807) is 0 Å². The highest BCUT2D eigenvalue weighted by Crippen LogP contribution is 2.15. The number of carbonyl (C=O) groups excluding carboxylic acids is 1. The summed E-state index contributed by atoms with van der Waals surface area (Å²) in [4.78, 5) is 13.9. The number of aryl methyl sites for hydroxylation is 1. The number of piperidine rings is 1. The van der Waals surface area contributed by atoms with E-state index in [9.17, 15) is 4.79 Å². The number of ether oxygens (including phenoxy) is 1. The van der Waals surface area contributed by atoms with E-state index in [1.165, 1.54) is 0 Å². The summed E-state index contributed by atoms with van der Waals surface area (Å²) in [5, 5.41) is 4.16. The summed E-state index contributed by atoms with van der Waals surface area (Å²) in [6.07, 6.45) is 1.82. The summed E-state index contributed by atoms with van der Waals surface area (Å²) in [6.45, 7) is 3.93. The van der Waals surface area contributed by atoms with Crippen LogP contribution in [0.4, 0.5) is 0 Å². The number of nitrogens with zero attached hydrogens (tertiary/aromatic N) is 2. The second kappa shape index (κ2) is 7.05. The molecule has 0 unspecified atom stereocenters. The Bertz CT molecular complexity index is 490. The van der Waals surface area contributed by atoms with Crippen molar-refractivity contribution in [1.82, 2.24) is 10.3 Å². The van der Waals surface area contributed by atoms with Crippen molar-refractivity contribution in [2.45, 2.75) is 19.8 Å². The van der Waals surface area contributed by atoms with E-state index in [1.807, 2.05) is 31.2 Å². The van der Waals surface area contributed by atoms with Crippen molar-refractivity contribution in [3.63, 3.8) is 0 Å². The number of carbonyl (C=O) groups is 1. The second-order valence-electron chi connectivity index (χ2n) is 5.07. The molecule has 1 amide bonds. The van der Waals surface area contributed by atoms with E-state index >= 15 is 0 Å². The van der Waals surface area contributed by atoms with Crippen molar-refractivity contribution in [2.24, 2.45) is 5.10 Å². The van der Waals surface area contributed by atoms with Gasteiger partial charge in [-0.05, 0) is 25.6 Å². The molecule has 1 N–H and O–H groups in total. The molecule has 108 valence electrons. The quantitative estimate of drug-likeness (QED) is 0.849. The van der Waals surface area contributed by atoms with Crippen LogP contribution in [-0.2, 0) is 4.79 Å². The fourth-order valence-electron chi connectivity index (χ4n) is 2.02. The molecule has 0 bridgehead atoms. The average Bonchev–Trinajstić information content (AvgIpc) is 2.46. The summed E-state index contributed by atoms with van der Waals surface area (Å²) in [5.74, 6) is 0.509. The summed E-state index contributed by atoms with van der Waals surface area (Å²) < 4.78 is 5.47. The number of benzene rings is 1.